The summed E-state index contributed by atoms with van der Waals surface area (Å²) in [7, 11) is 0. The number of hydrogen-bond donors (Lipinski definition) is 3. The summed E-state index contributed by atoms with van der Waals surface area (Å²) < 4.78 is 0. The molecule has 0 spiro atoms. The Kier molecular flexibility index (Phi) is 3.36. The van der Waals surface area contributed by atoms with E-state index in [1.807, 2.05) is 0 Å². The van der Waals surface area contributed by atoms with Crippen LogP contribution in [0.15, 0.2) is 0 Å². The van der Waals surface area contributed by atoms with Gasteiger partial charge in [0.2, 0.25) is 5.91 Å². The third-order valence-corrected chi connectivity index (χ3v) is 4.43. The van der Waals surface area contributed by atoms with E-state index in [0.717, 1.165) is 19.3 Å². The number of aliphatic hydroxyl groups is 1. The molecule has 102 valence electrons. The molecule has 0 saturated heterocycles. The van der Waals surface area contributed by atoms with Crippen LogP contribution >= 0.6 is 0 Å². The number of aliphatic carboxylic acids is 1. The van der Waals surface area contributed by atoms with Crippen molar-refractivity contribution >= 4 is 11.9 Å². The second-order valence-electron chi connectivity index (χ2n) is 6.08. The molecule has 2 aliphatic rings. The van der Waals surface area contributed by atoms with Crippen molar-refractivity contribution < 1.29 is 19.8 Å². The maximum Gasteiger partial charge on any atom is 0.307 e. The number of hydrogen-bond acceptors (Lipinski definition) is 3. The normalized spacial score (nSPS) is 37.9. The first kappa shape index (κ1) is 13.3. The molecule has 0 bridgehead atoms. The molecule has 18 heavy (non-hydrogen) atoms. The highest BCUT2D eigenvalue weighted by Crippen LogP contribution is 2.58. The minimum atomic E-state index is -0.913. The van der Waals surface area contributed by atoms with Crippen LogP contribution in [0, 0.1) is 17.3 Å². The second-order valence-corrected chi connectivity index (χ2v) is 6.08. The Hall–Kier alpha value is -1.10. The van der Waals surface area contributed by atoms with Gasteiger partial charge in [-0.3, -0.25) is 9.59 Å². The molecule has 0 aromatic carbocycles. The number of aliphatic hydroxyl groups excluding tert-OH is 1. The van der Waals surface area contributed by atoms with Crippen LogP contribution in [-0.2, 0) is 9.59 Å². The Morgan fingerprint density at radius 3 is 2.28 bits per heavy atom. The topological polar surface area (TPSA) is 86.6 Å². The standard InChI is InChI=1S/C13H21NO4/c1-13(2)9(10(13)12(17)18)11(16)14-7-5-3-4-6-8(7)15/h7-10,15H,3-6H2,1-2H3,(H,14,16)(H,17,18)/t7?,8?,9-,10+/m1/s1. The van der Waals surface area contributed by atoms with Crippen molar-refractivity contribution in [2.45, 2.75) is 51.7 Å². The van der Waals surface area contributed by atoms with E-state index in [9.17, 15) is 14.7 Å². The Morgan fingerprint density at radius 2 is 1.78 bits per heavy atom. The molecule has 2 saturated carbocycles. The van der Waals surface area contributed by atoms with Gasteiger partial charge < -0.3 is 15.5 Å². The van der Waals surface area contributed by atoms with Gasteiger partial charge in [0.15, 0.2) is 0 Å². The van der Waals surface area contributed by atoms with Gasteiger partial charge in [-0.05, 0) is 18.3 Å². The van der Waals surface area contributed by atoms with Crippen LogP contribution < -0.4 is 5.32 Å². The first-order valence-corrected chi connectivity index (χ1v) is 6.57. The third kappa shape index (κ3) is 2.23. The van der Waals surface area contributed by atoms with Gasteiger partial charge >= 0.3 is 5.97 Å². The van der Waals surface area contributed by atoms with E-state index in [4.69, 9.17) is 5.11 Å². The zero-order chi connectivity index (χ0) is 13.5. The van der Waals surface area contributed by atoms with Gasteiger partial charge in [-0.15, -0.1) is 0 Å². The molecule has 2 rings (SSSR count). The summed E-state index contributed by atoms with van der Waals surface area (Å²) >= 11 is 0. The highest BCUT2D eigenvalue weighted by molar-refractivity contribution is 5.91. The van der Waals surface area contributed by atoms with Crippen LogP contribution in [0.1, 0.15) is 39.5 Å². The Balaban J connectivity index is 1.95. The van der Waals surface area contributed by atoms with E-state index in [-0.39, 0.29) is 11.9 Å². The number of carbonyl (C=O) groups excluding carboxylic acids is 1. The van der Waals surface area contributed by atoms with Crippen LogP contribution in [0.2, 0.25) is 0 Å². The minimum absolute atomic E-state index is 0.211. The predicted octanol–water partition coefficient (Wildman–Crippen LogP) is 0.763. The maximum atomic E-state index is 12.1. The van der Waals surface area contributed by atoms with E-state index >= 15 is 0 Å². The van der Waals surface area contributed by atoms with E-state index in [1.54, 1.807) is 13.8 Å². The van der Waals surface area contributed by atoms with Gasteiger partial charge in [-0.1, -0.05) is 26.7 Å². The van der Waals surface area contributed by atoms with Crippen LogP contribution in [0.4, 0.5) is 0 Å². The molecular formula is C13H21NO4. The Morgan fingerprint density at radius 1 is 1.17 bits per heavy atom. The number of carboxylic acid groups (broad SMARTS) is 1. The van der Waals surface area contributed by atoms with Gasteiger partial charge in [-0.2, -0.15) is 0 Å². The molecule has 1 amide bonds. The summed E-state index contributed by atoms with van der Waals surface area (Å²) in [6.07, 6.45) is 2.98. The summed E-state index contributed by atoms with van der Waals surface area (Å²) in [5.41, 5.74) is -0.477. The van der Waals surface area contributed by atoms with Gasteiger partial charge in [0.05, 0.1) is 24.0 Å². The van der Waals surface area contributed by atoms with Gasteiger partial charge in [0.25, 0.3) is 0 Å². The third-order valence-electron chi connectivity index (χ3n) is 4.43. The minimum Gasteiger partial charge on any atom is -0.481 e. The number of carbonyl (C=O) groups is 2. The largest absolute Gasteiger partial charge is 0.481 e. The summed E-state index contributed by atoms with van der Waals surface area (Å²) in [5.74, 6) is -2.20. The summed E-state index contributed by atoms with van der Waals surface area (Å²) in [5, 5.41) is 21.6. The van der Waals surface area contributed by atoms with E-state index in [1.165, 1.54) is 0 Å². The molecule has 0 aromatic rings. The highest BCUT2D eigenvalue weighted by atomic mass is 16.4. The number of rotatable bonds is 3. The monoisotopic (exact) mass is 255 g/mol. The fourth-order valence-electron chi connectivity index (χ4n) is 3.14. The first-order chi connectivity index (χ1) is 8.35. The van der Waals surface area contributed by atoms with Crippen molar-refractivity contribution in [1.82, 2.24) is 5.32 Å². The lowest BCUT2D eigenvalue weighted by Gasteiger charge is -2.28. The number of nitrogens with one attached hydrogen (secondary N) is 1. The molecule has 3 N–H and O–H groups in total. The molecule has 0 aromatic heterocycles. The van der Waals surface area contributed by atoms with Gasteiger partial charge in [0.1, 0.15) is 0 Å². The van der Waals surface area contributed by atoms with Gasteiger partial charge in [0, 0.05) is 0 Å². The van der Waals surface area contributed by atoms with Crippen molar-refractivity contribution in [3.63, 3.8) is 0 Å². The Labute approximate surface area is 107 Å². The molecule has 2 aliphatic carbocycles. The predicted molar refractivity (Wildman–Crippen MR) is 64.8 cm³/mol. The fraction of sp³-hybridized carbons (Fsp3) is 0.846. The van der Waals surface area contributed by atoms with Crippen LogP contribution in [-0.4, -0.2) is 34.2 Å². The van der Waals surface area contributed by atoms with Crippen LogP contribution in [0.5, 0.6) is 0 Å². The highest BCUT2D eigenvalue weighted by Gasteiger charge is 2.66. The lowest BCUT2D eigenvalue weighted by atomic mass is 9.92. The molecule has 2 unspecified atom stereocenters. The molecule has 4 atom stereocenters. The lowest BCUT2D eigenvalue weighted by Crippen LogP contribution is -2.46. The molecule has 0 aliphatic heterocycles. The molecule has 5 heteroatoms. The number of amides is 1. The van der Waals surface area contributed by atoms with Crippen molar-refractivity contribution in [2.75, 3.05) is 0 Å². The average molecular weight is 255 g/mol. The lowest BCUT2D eigenvalue weighted by molar-refractivity contribution is -0.140. The van der Waals surface area contributed by atoms with E-state index in [2.05, 4.69) is 5.32 Å². The van der Waals surface area contributed by atoms with Crippen molar-refractivity contribution in [3.05, 3.63) is 0 Å². The molecular weight excluding hydrogens is 234 g/mol. The quantitative estimate of drug-likeness (QED) is 0.695. The van der Waals surface area contributed by atoms with Crippen LogP contribution in [0.3, 0.4) is 0 Å². The summed E-state index contributed by atoms with van der Waals surface area (Å²) in [4.78, 5) is 23.1. The van der Waals surface area contributed by atoms with E-state index < -0.39 is 29.3 Å². The van der Waals surface area contributed by atoms with Gasteiger partial charge in [-0.25, -0.2) is 0 Å². The van der Waals surface area contributed by atoms with Crippen molar-refractivity contribution in [3.8, 4) is 0 Å². The van der Waals surface area contributed by atoms with E-state index in [0.29, 0.717) is 6.42 Å². The SMILES string of the molecule is CC1(C)[C@H](C(=O)O)[C@@H]1C(=O)NC1CCCCC1O. The Bertz CT molecular complexity index is 366. The maximum absolute atomic E-state index is 12.1. The zero-order valence-electron chi connectivity index (χ0n) is 10.8. The smallest absolute Gasteiger partial charge is 0.307 e. The first-order valence-electron chi connectivity index (χ1n) is 6.57. The van der Waals surface area contributed by atoms with Crippen molar-refractivity contribution in [2.24, 2.45) is 17.3 Å². The molecule has 2 fully saturated rings. The van der Waals surface area contributed by atoms with Crippen molar-refractivity contribution in [1.29, 1.82) is 0 Å². The fourth-order valence-corrected chi connectivity index (χ4v) is 3.14. The molecule has 0 heterocycles. The second kappa shape index (κ2) is 4.53. The number of carboxylic acids is 1. The molecule has 5 nitrogen and oxygen atoms in total. The summed E-state index contributed by atoms with van der Waals surface area (Å²) in [6, 6.07) is -0.211. The molecule has 0 radical (unpaired) electrons. The average Bonchev–Trinajstić information content (AvgIpc) is 2.85. The van der Waals surface area contributed by atoms with Crippen LogP contribution in [0.25, 0.3) is 0 Å². The zero-order valence-corrected chi connectivity index (χ0v) is 10.8. The summed E-state index contributed by atoms with van der Waals surface area (Å²) in [6.45, 7) is 3.60.